The van der Waals surface area contributed by atoms with Crippen molar-refractivity contribution in [3.63, 3.8) is 0 Å². The number of pyridine rings is 1. The third-order valence-electron chi connectivity index (χ3n) is 5.25. The number of hydrogen-bond donors (Lipinski definition) is 2. The molecule has 162 valence electrons. The molecular weight excluding hydrogens is 446 g/mol. The second-order valence-corrected chi connectivity index (χ2v) is 7.93. The Morgan fingerprint density at radius 1 is 1.39 bits per heavy atom. The van der Waals surface area contributed by atoms with Gasteiger partial charge in [0.1, 0.15) is 11.9 Å². The van der Waals surface area contributed by atoms with Crippen molar-refractivity contribution in [3.8, 4) is 5.75 Å². The van der Waals surface area contributed by atoms with Crippen LogP contribution < -0.4 is 16.2 Å². The van der Waals surface area contributed by atoms with Gasteiger partial charge in [0.25, 0.3) is 0 Å². The monoisotopic (exact) mass is 464 g/mol. The first-order chi connectivity index (χ1) is 14.8. The van der Waals surface area contributed by atoms with E-state index in [-0.39, 0.29) is 21.6 Å². The van der Waals surface area contributed by atoms with Gasteiger partial charge in [-0.3, -0.25) is 0 Å². The van der Waals surface area contributed by atoms with Crippen LogP contribution in [0.15, 0.2) is 35.1 Å². The number of nitrogens with two attached hydrogens (primary N) is 2. The largest absolute Gasteiger partial charge is 0.478 e. The summed E-state index contributed by atoms with van der Waals surface area (Å²) in [5.41, 5.74) is 13.9. The molecule has 2 amide bonds. The van der Waals surface area contributed by atoms with Crippen molar-refractivity contribution >= 4 is 51.6 Å². The van der Waals surface area contributed by atoms with Crippen molar-refractivity contribution in [2.24, 2.45) is 5.73 Å². The van der Waals surface area contributed by atoms with Crippen LogP contribution in [0.2, 0.25) is 10.0 Å². The SMILES string of the molecule is C[C@H](Oc1c(N)ncc2c(C3=CCN(C(N)=O)CC3)coc12)c1c(Cl)ccc(F)c1Cl. The van der Waals surface area contributed by atoms with E-state index in [9.17, 15) is 9.18 Å². The second-order valence-electron chi connectivity index (χ2n) is 7.15. The van der Waals surface area contributed by atoms with Gasteiger partial charge in [0.05, 0.1) is 16.7 Å². The van der Waals surface area contributed by atoms with E-state index in [1.54, 1.807) is 24.3 Å². The minimum atomic E-state index is -0.725. The van der Waals surface area contributed by atoms with Crippen LogP contribution in [0.25, 0.3) is 16.5 Å². The summed E-state index contributed by atoms with van der Waals surface area (Å²) >= 11 is 12.3. The van der Waals surface area contributed by atoms with Gasteiger partial charge in [0, 0.05) is 35.4 Å². The Labute approximate surface area is 187 Å². The summed E-state index contributed by atoms with van der Waals surface area (Å²) < 4.78 is 25.7. The Balaban J connectivity index is 1.70. The van der Waals surface area contributed by atoms with Crippen LogP contribution in [0.1, 0.15) is 30.6 Å². The minimum Gasteiger partial charge on any atom is -0.478 e. The maximum atomic E-state index is 13.9. The van der Waals surface area contributed by atoms with E-state index < -0.39 is 18.0 Å². The van der Waals surface area contributed by atoms with Gasteiger partial charge in [-0.05, 0) is 31.1 Å². The number of carbonyl (C=O) groups is 1. The number of anilines is 1. The normalized spacial score (nSPS) is 15.1. The molecule has 4 rings (SSSR count). The number of aromatic nitrogens is 1. The molecule has 1 aliphatic rings. The first-order valence-corrected chi connectivity index (χ1v) is 10.2. The number of urea groups is 1. The number of nitrogens with zero attached hydrogens (tertiary/aromatic N) is 2. The molecule has 31 heavy (non-hydrogen) atoms. The molecule has 3 heterocycles. The Kier molecular flexibility index (Phi) is 5.68. The lowest BCUT2D eigenvalue weighted by atomic mass is 9.99. The third kappa shape index (κ3) is 3.88. The van der Waals surface area contributed by atoms with Crippen LogP contribution in [-0.4, -0.2) is 29.0 Å². The Morgan fingerprint density at radius 3 is 2.84 bits per heavy atom. The van der Waals surface area contributed by atoms with Crippen LogP contribution >= 0.6 is 23.2 Å². The molecule has 0 bridgehead atoms. The zero-order valence-corrected chi connectivity index (χ0v) is 18.0. The van der Waals surface area contributed by atoms with Crippen molar-refractivity contribution in [1.82, 2.24) is 9.88 Å². The maximum Gasteiger partial charge on any atom is 0.315 e. The molecule has 0 fully saturated rings. The van der Waals surface area contributed by atoms with Gasteiger partial charge in [-0.1, -0.05) is 29.3 Å². The highest BCUT2D eigenvalue weighted by Crippen LogP contribution is 2.41. The van der Waals surface area contributed by atoms with Crippen molar-refractivity contribution < 1.29 is 18.3 Å². The molecule has 4 N–H and O–H groups in total. The lowest BCUT2D eigenvalue weighted by molar-refractivity contribution is 0.213. The third-order valence-corrected chi connectivity index (χ3v) is 5.96. The Hall–Kier alpha value is -2.97. The number of carbonyl (C=O) groups excluding carboxylic acids is 1. The zero-order chi connectivity index (χ0) is 22.3. The van der Waals surface area contributed by atoms with Gasteiger partial charge in [-0.25, -0.2) is 14.2 Å². The summed E-state index contributed by atoms with van der Waals surface area (Å²) in [6, 6.07) is 2.14. The van der Waals surface area contributed by atoms with Gasteiger partial charge >= 0.3 is 6.03 Å². The highest BCUT2D eigenvalue weighted by atomic mass is 35.5. The number of benzene rings is 1. The number of fused-ring (bicyclic) bond motifs is 1. The zero-order valence-electron chi connectivity index (χ0n) is 16.5. The number of furan rings is 1. The van der Waals surface area contributed by atoms with Crippen molar-refractivity contribution in [2.75, 3.05) is 18.8 Å². The summed E-state index contributed by atoms with van der Waals surface area (Å²) in [6.45, 7) is 2.60. The molecule has 0 aliphatic carbocycles. The summed E-state index contributed by atoms with van der Waals surface area (Å²) in [4.78, 5) is 17.1. The number of primary amides is 1. The topological polar surface area (TPSA) is 108 Å². The van der Waals surface area contributed by atoms with Crippen molar-refractivity contribution in [1.29, 1.82) is 0 Å². The number of rotatable bonds is 4. The van der Waals surface area contributed by atoms with E-state index in [0.29, 0.717) is 36.0 Å². The van der Waals surface area contributed by atoms with Crippen LogP contribution in [0.5, 0.6) is 5.75 Å². The number of nitrogen functional groups attached to an aromatic ring is 1. The molecule has 1 aromatic carbocycles. The number of amides is 2. The molecule has 10 heteroatoms. The van der Waals surface area contributed by atoms with Gasteiger partial charge in [-0.2, -0.15) is 0 Å². The quantitative estimate of drug-likeness (QED) is 0.518. The smallest absolute Gasteiger partial charge is 0.315 e. The molecule has 3 aromatic rings. The van der Waals surface area contributed by atoms with Gasteiger partial charge in [-0.15, -0.1) is 0 Å². The highest BCUT2D eigenvalue weighted by molar-refractivity contribution is 6.36. The van der Waals surface area contributed by atoms with E-state index in [0.717, 1.165) is 11.1 Å². The average molecular weight is 465 g/mol. The van der Waals surface area contributed by atoms with Crippen LogP contribution in [0.4, 0.5) is 15.0 Å². The summed E-state index contributed by atoms with van der Waals surface area (Å²) in [5, 5.41) is 0.848. The first-order valence-electron chi connectivity index (χ1n) is 9.47. The molecule has 7 nitrogen and oxygen atoms in total. The van der Waals surface area contributed by atoms with E-state index in [2.05, 4.69) is 4.98 Å². The average Bonchev–Trinajstić information content (AvgIpc) is 3.17. The second kappa shape index (κ2) is 8.28. The molecule has 2 aromatic heterocycles. The summed E-state index contributed by atoms with van der Waals surface area (Å²) in [7, 11) is 0. The van der Waals surface area contributed by atoms with Gasteiger partial charge in [0.15, 0.2) is 11.4 Å². The fraction of sp³-hybridized carbons (Fsp3) is 0.238. The van der Waals surface area contributed by atoms with Gasteiger partial charge < -0.3 is 25.5 Å². The molecule has 0 saturated carbocycles. The number of halogens is 3. The lowest BCUT2D eigenvalue weighted by Gasteiger charge is -2.24. The molecular formula is C21H19Cl2FN4O3. The lowest BCUT2D eigenvalue weighted by Crippen LogP contribution is -2.38. The molecule has 0 radical (unpaired) electrons. The van der Waals surface area contributed by atoms with E-state index in [1.165, 1.54) is 12.1 Å². The molecule has 1 atom stereocenters. The van der Waals surface area contributed by atoms with Crippen molar-refractivity contribution in [3.05, 3.63) is 57.7 Å². The standard InChI is InChI=1S/C21H19Cl2FN4O3/c1-10(16-14(22)2-3-15(24)17(16)23)31-19-18-12(8-27-20(19)25)13(9-30-18)11-4-6-28(7-5-11)21(26)29/h2-4,8-10H,5-7H2,1H3,(H2,25,27)(H2,26,29)/t10-/m0/s1. The van der Waals surface area contributed by atoms with Crippen LogP contribution in [-0.2, 0) is 0 Å². The maximum absolute atomic E-state index is 13.9. The van der Waals surface area contributed by atoms with Crippen LogP contribution in [0, 0.1) is 5.82 Å². The number of ether oxygens (including phenoxy) is 1. The predicted octanol–water partition coefficient (Wildman–Crippen LogP) is 5.16. The fourth-order valence-electron chi connectivity index (χ4n) is 3.61. The van der Waals surface area contributed by atoms with E-state index >= 15 is 0 Å². The molecule has 1 aliphatic heterocycles. The van der Waals surface area contributed by atoms with Gasteiger partial charge in [0.2, 0.25) is 5.75 Å². The van der Waals surface area contributed by atoms with Crippen LogP contribution in [0.3, 0.4) is 0 Å². The summed E-state index contributed by atoms with van der Waals surface area (Å²) in [5.74, 6) is -0.278. The molecule has 0 unspecified atom stereocenters. The first kappa shape index (κ1) is 21.3. The van der Waals surface area contributed by atoms with E-state index in [4.69, 9.17) is 43.8 Å². The fourth-order valence-corrected chi connectivity index (χ4v) is 4.29. The predicted molar refractivity (Wildman–Crippen MR) is 118 cm³/mol. The molecule has 0 spiro atoms. The molecule has 0 saturated heterocycles. The highest BCUT2D eigenvalue weighted by Gasteiger charge is 2.24. The summed E-state index contributed by atoms with van der Waals surface area (Å²) in [6.07, 6.45) is 5.01. The Morgan fingerprint density at radius 2 is 2.16 bits per heavy atom. The van der Waals surface area contributed by atoms with Crippen molar-refractivity contribution in [2.45, 2.75) is 19.4 Å². The Bertz CT molecular complexity index is 1210. The number of hydrogen-bond acceptors (Lipinski definition) is 5. The minimum absolute atomic E-state index is 0.112. The van der Waals surface area contributed by atoms with E-state index in [1.807, 2.05) is 6.08 Å².